The number of aliphatic hydroxyl groups excluding tert-OH is 1. The Morgan fingerprint density at radius 2 is 1.96 bits per heavy atom. The maximum absolute atomic E-state index is 10.2. The minimum atomic E-state index is -0.0965. The topological polar surface area (TPSA) is 40.8 Å². The first-order chi connectivity index (χ1) is 11.8. The van der Waals surface area contributed by atoms with E-state index in [4.69, 9.17) is 0 Å². The number of rotatable bonds is 4. The summed E-state index contributed by atoms with van der Waals surface area (Å²) in [6, 6.07) is 14.7. The van der Waals surface area contributed by atoms with E-state index in [1.807, 2.05) is 30.7 Å². The molecule has 1 aliphatic rings. The van der Waals surface area contributed by atoms with Crippen LogP contribution in [0.2, 0.25) is 0 Å². The van der Waals surface area contributed by atoms with Crippen LogP contribution in [0.25, 0.3) is 5.52 Å². The summed E-state index contributed by atoms with van der Waals surface area (Å²) < 4.78 is 2.11. The molecule has 4 nitrogen and oxygen atoms in total. The molecule has 24 heavy (non-hydrogen) atoms. The third-order valence-electron chi connectivity index (χ3n) is 5.15. The molecule has 4 heteroatoms. The Hall–Kier alpha value is -2.33. The molecule has 1 atom stereocenters. The van der Waals surface area contributed by atoms with Gasteiger partial charge in [-0.2, -0.15) is 0 Å². The van der Waals surface area contributed by atoms with Crippen molar-refractivity contribution < 1.29 is 5.11 Å². The summed E-state index contributed by atoms with van der Waals surface area (Å²) in [4.78, 5) is 6.98. The molecule has 0 amide bonds. The minimum Gasteiger partial charge on any atom is -0.396 e. The number of hydrogen-bond acceptors (Lipinski definition) is 3. The highest BCUT2D eigenvalue weighted by molar-refractivity contribution is 5.69. The Kier molecular flexibility index (Phi) is 3.98. The highest BCUT2D eigenvalue weighted by Crippen LogP contribution is 2.36. The monoisotopic (exact) mass is 321 g/mol. The van der Waals surface area contributed by atoms with E-state index in [2.05, 4.69) is 44.6 Å². The zero-order chi connectivity index (χ0) is 16.4. The van der Waals surface area contributed by atoms with Gasteiger partial charge < -0.3 is 14.4 Å². The van der Waals surface area contributed by atoms with Crippen LogP contribution in [0.4, 0.5) is 5.82 Å². The summed E-state index contributed by atoms with van der Waals surface area (Å²) >= 11 is 0. The fourth-order valence-electron chi connectivity index (χ4n) is 3.95. The van der Waals surface area contributed by atoms with Crippen LogP contribution >= 0.6 is 0 Å². The predicted octanol–water partition coefficient (Wildman–Crippen LogP) is 3.16. The maximum atomic E-state index is 10.2. The molecule has 0 radical (unpaired) electrons. The molecule has 1 saturated heterocycles. The summed E-state index contributed by atoms with van der Waals surface area (Å²) in [5, 5.41) is 10.2. The van der Waals surface area contributed by atoms with Gasteiger partial charge in [0.2, 0.25) is 0 Å². The lowest BCUT2D eigenvalue weighted by Gasteiger charge is -2.42. The van der Waals surface area contributed by atoms with Gasteiger partial charge in [0.25, 0.3) is 0 Å². The average Bonchev–Trinajstić information content (AvgIpc) is 3.11. The van der Waals surface area contributed by atoms with Crippen molar-refractivity contribution in [1.29, 1.82) is 0 Å². The number of aromatic nitrogens is 2. The van der Waals surface area contributed by atoms with Crippen molar-refractivity contribution in [3.8, 4) is 0 Å². The van der Waals surface area contributed by atoms with Gasteiger partial charge in [0.05, 0.1) is 12.1 Å². The van der Waals surface area contributed by atoms with Crippen LogP contribution in [0.3, 0.4) is 0 Å². The SMILES string of the molecule is OCC1(Cc2ccccc2)CCCN(c2nccn3cccc23)C1. The number of nitrogens with zero attached hydrogens (tertiary/aromatic N) is 3. The molecule has 1 N–H and O–H groups in total. The number of hydrogen-bond donors (Lipinski definition) is 1. The summed E-state index contributed by atoms with van der Waals surface area (Å²) in [5.41, 5.74) is 2.33. The molecule has 0 bridgehead atoms. The number of aliphatic hydroxyl groups is 1. The van der Waals surface area contributed by atoms with Gasteiger partial charge in [-0.05, 0) is 37.0 Å². The Balaban J connectivity index is 1.63. The predicted molar refractivity (Wildman–Crippen MR) is 96.3 cm³/mol. The normalized spacial score (nSPS) is 21.3. The van der Waals surface area contributed by atoms with E-state index in [-0.39, 0.29) is 12.0 Å². The van der Waals surface area contributed by atoms with E-state index < -0.39 is 0 Å². The molecule has 3 aromatic rings. The van der Waals surface area contributed by atoms with Crippen molar-refractivity contribution in [3.05, 3.63) is 66.6 Å². The first-order valence-corrected chi connectivity index (χ1v) is 8.61. The Labute approximate surface area is 142 Å². The Morgan fingerprint density at radius 3 is 2.79 bits per heavy atom. The molecule has 1 aromatic carbocycles. The summed E-state index contributed by atoms with van der Waals surface area (Å²) in [6.07, 6.45) is 8.93. The number of anilines is 1. The lowest BCUT2D eigenvalue weighted by Crippen LogP contribution is -2.47. The largest absolute Gasteiger partial charge is 0.396 e. The van der Waals surface area contributed by atoms with Crippen LogP contribution in [0.15, 0.2) is 61.1 Å². The van der Waals surface area contributed by atoms with Crippen LogP contribution in [0.1, 0.15) is 18.4 Å². The van der Waals surface area contributed by atoms with E-state index in [0.29, 0.717) is 0 Å². The lowest BCUT2D eigenvalue weighted by atomic mass is 9.75. The molecule has 2 aromatic heterocycles. The first kappa shape index (κ1) is 15.2. The molecule has 1 aliphatic heterocycles. The molecule has 1 unspecified atom stereocenters. The number of piperidine rings is 1. The van der Waals surface area contributed by atoms with E-state index in [0.717, 1.165) is 43.7 Å². The fraction of sp³-hybridized carbons (Fsp3) is 0.350. The molecule has 3 heterocycles. The molecular weight excluding hydrogens is 298 g/mol. The Morgan fingerprint density at radius 1 is 1.08 bits per heavy atom. The van der Waals surface area contributed by atoms with Gasteiger partial charge in [0, 0.05) is 37.1 Å². The maximum Gasteiger partial charge on any atom is 0.152 e. The molecule has 1 fully saturated rings. The van der Waals surface area contributed by atoms with Gasteiger partial charge >= 0.3 is 0 Å². The van der Waals surface area contributed by atoms with Gasteiger partial charge in [-0.25, -0.2) is 4.98 Å². The Bertz CT molecular complexity index is 814. The summed E-state index contributed by atoms with van der Waals surface area (Å²) in [5.74, 6) is 1.02. The van der Waals surface area contributed by atoms with Crippen LogP contribution in [0.5, 0.6) is 0 Å². The van der Waals surface area contributed by atoms with E-state index >= 15 is 0 Å². The highest BCUT2D eigenvalue weighted by atomic mass is 16.3. The molecule has 4 rings (SSSR count). The van der Waals surface area contributed by atoms with Gasteiger partial charge in [-0.3, -0.25) is 0 Å². The molecule has 0 aliphatic carbocycles. The zero-order valence-electron chi connectivity index (χ0n) is 13.8. The third kappa shape index (κ3) is 2.78. The van der Waals surface area contributed by atoms with E-state index in [9.17, 15) is 5.11 Å². The van der Waals surface area contributed by atoms with Crippen molar-refractivity contribution >= 4 is 11.3 Å². The van der Waals surface area contributed by atoms with Crippen LogP contribution in [-0.4, -0.2) is 34.2 Å². The number of fused-ring (bicyclic) bond motifs is 1. The van der Waals surface area contributed by atoms with Gasteiger partial charge in [0.15, 0.2) is 5.82 Å². The van der Waals surface area contributed by atoms with Crippen LogP contribution < -0.4 is 4.90 Å². The summed E-state index contributed by atoms with van der Waals surface area (Å²) in [7, 11) is 0. The first-order valence-electron chi connectivity index (χ1n) is 8.61. The molecule has 0 spiro atoms. The van der Waals surface area contributed by atoms with Gasteiger partial charge in [-0.15, -0.1) is 0 Å². The smallest absolute Gasteiger partial charge is 0.152 e. The van der Waals surface area contributed by atoms with Crippen molar-refractivity contribution in [1.82, 2.24) is 9.38 Å². The van der Waals surface area contributed by atoms with Crippen LogP contribution in [-0.2, 0) is 6.42 Å². The van der Waals surface area contributed by atoms with Crippen molar-refractivity contribution in [2.45, 2.75) is 19.3 Å². The van der Waals surface area contributed by atoms with Gasteiger partial charge in [-0.1, -0.05) is 30.3 Å². The van der Waals surface area contributed by atoms with Crippen molar-refractivity contribution in [3.63, 3.8) is 0 Å². The zero-order valence-corrected chi connectivity index (χ0v) is 13.8. The second kappa shape index (κ2) is 6.29. The van der Waals surface area contributed by atoms with Gasteiger partial charge in [0.1, 0.15) is 0 Å². The lowest BCUT2D eigenvalue weighted by molar-refractivity contribution is 0.105. The fourth-order valence-corrected chi connectivity index (χ4v) is 3.95. The second-order valence-corrected chi connectivity index (χ2v) is 6.90. The quantitative estimate of drug-likeness (QED) is 0.802. The van der Waals surface area contributed by atoms with Crippen molar-refractivity contribution in [2.24, 2.45) is 5.41 Å². The average molecular weight is 321 g/mol. The van der Waals surface area contributed by atoms with Crippen LogP contribution in [0, 0.1) is 5.41 Å². The van der Waals surface area contributed by atoms with E-state index in [1.165, 1.54) is 5.56 Å². The second-order valence-electron chi connectivity index (χ2n) is 6.90. The number of benzene rings is 1. The van der Waals surface area contributed by atoms with E-state index in [1.54, 1.807) is 0 Å². The molecular formula is C20H23N3O. The summed E-state index contributed by atoms with van der Waals surface area (Å²) in [6.45, 7) is 2.05. The standard InChI is InChI=1S/C20H23N3O/c24-16-20(14-17-6-2-1-3-7-17)9-5-12-23(15-20)19-18-8-4-11-22(18)13-10-21-19/h1-4,6-8,10-11,13,24H,5,9,12,14-16H2. The van der Waals surface area contributed by atoms with Crippen molar-refractivity contribution in [2.75, 3.05) is 24.6 Å². The minimum absolute atomic E-state index is 0.0965. The molecule has 0 saturated carbocycles. The highest BCUT2D eigenvalue weighted by Gasteiger charge is 2.36. The molecule has 124 valence electrons. The third-order valence-corrected chi connectivity index (χ3v) is 5.15.